The lowest BCUT2D eigenvalue weighted by molar-refractivity contribution is -0.167. The van der Waals surface area contributed by atoms with E-state index in [2.05, 4.69) is 11.9 Å². The summed E-state index contributed by atoms with van der Waals surface area (Å²) in [5.74, 6) is -0.190. The van der Waals surface area contributed by atoms with Crippen molar-refractivity contribution in [3.63, 3.8) is 0 Å². The monoisotopic (exact) mass is 314 g/mol. The summed E-state index contributed by atoms with van der Waals surface area (Å²) in [4.78, 5) is 26.0. The summed E-state index contributed by atoms with van der Waals surface area (Å²) in [6.45, 7) is 5.39. The molecule has 0 radical (unpaired) electrons. The van der Waals surface area contributed by atoms with Crippen LogP contribution >= 0.6 is 0 Å². The number of nitrogens with zero attached hydrogens (tertiary/aromatic N) is 1. The van der Waals surface area contributed by atoms with Gasteiger partial charge in [-0.15, -0.1) is 0 Å². The molecule has 1 spiro atoms. The predicted molar refractivity (Wildman–Crippen MR) is 88.1 cm³/mol. The van der Waals surface area contributed by atoms with Gasteiger partial charge in [0.05, 0.1) is 18.6 Å². The maximum atomic E-state index is 12.6. The van der Waals surface area contributed by atoms with Gasteiger partial charge in [-0.2, -0.15) is 0 Å². The third-order valence-electron chi connectivity index (χ3n) is 4.67. The number of ether oxygens (including phenoxy) is 1. The number of hydrogen-bond acceptors (Lipinski definition) is 3. The molecule has 1 aliphatic carbocycles. The minimum atomic E-state index is -0.273. The van der Waals surface area contributed by atoms with Crippen molar-refractivity contribution in [2.45, 2.75) is 31.3 Å². The molecule has 0 bridgehead atoms. The van der Waals surface area contributed by atoms with Crippen LogP contribution in [0.25, 0.3) is 0 Å². The fourth-order valence-corrected chi connectivity index (χ4v) is 3.19. The van der Waals surface area contributed by atoms with E-state index in [0.29, 0.717) is 25.4 Å². The largest absolute Gasteiger partial charge is 0.371 e. The van der Waals surface area contributed by atoms with Crippen molar-refractivity contribution in [2.75, 3.05) is 25.0 Å². The Bertz CT molecular complexity index is 622. The Kier molecular flexibility index (Phi) is 4.48. The van der Waals surface area contributed by atoms with Crippen molar-refractivity contribution in [3.8, 4) is 0 Å². The first kappa shape index (κ1) is 15.7. The van der Waals surface area contributed by atoms with Crippen LogP contribution in [0.5, 0.6) is 0 Å². The molecule has 2 aliphatic rings. The molecular weight excluding hydrogens is 292 g/mol. The molecule has 1 heterocycles. The molecule has 122 valence electrons. The summed E-state index contributed by atoms with van der Waals surface area (Å²) in [7, 11) is 0. The van der Waals surface area contributed by atoms with Crippen molar-refractivity contribution in [1.29, 1.82) is 0 Å². The highest BCUT2D eigenvalue weighted by molar-refractivity contribution is 5.99. The van der Waals surface area contributed by atoms with Crippen LogP contribution in [0.15, 0.2) is 36.9 Å². The lowest BCUT2D eigenvalue weighted by Gasteiger charge is -2.48. The molecule has 3 rings (SSSR count). The molecule has 5 nitrogen and oxygen atoms in total. The summed E-state index contributed by atoms with van der Waals surface area (Å²) in [6.07, 6.45) is 4.77. The van der Waals surface area contributed by atoms with E-state index >= 15 is 0 Å². The molecule has 1 aromatic rings. The fraction of sp³-hybridized carbons (Fsp3) is 0.444. The number of hydrogen-bond donors (Lipinski definition) is 1. The summed E-state index contributed by atoms with van der Waals surface area (Å²) in [6, 6.07) is 7.39. The smallest absolute Gasteiger partial charge is 0.247 e. The second kappa shape index (κ2) is 6.54. The Balaban J connectivity index is 1.68. The van der Waals surface area contributed by atoms with Crippen molar-refractivity contribution < 1.29 is 14.3 Å². The molecule has 1 saturated heterocycles. The van der Waals surface area contributed by atoms with Gasteiger partial charge in [0.1, 0.15) is 0 Å². The van der Waals surface area contributed by atoms with Gasteiger partial charge >= 0.3 is 0 Å². The zero-order chi connectivity index (χ0) is 16.3. The summed E-state index contributed by atoms with van der Waals surface area (Å²) < 4.78 is 5.86. The van der Waals surface area contributed by atoms with Gasteiger partial charge in [-0.1, -0.05) is 24.8 Å². The van der Waals surface area contributed by atoms with Gasteiger partial charge in [0.2, 0.25) is 11.8 Å². The van der Waals surface area contributed by atoms with E-state index in [4.69, 9.17) is 4.74 Å². The summed E-state index contributed by atoms with van der Waals surface area (Å²) in [5.41, 5.74) is 1.39. The van der Waals surface area contributed by atoms with E-state index in [0.717, 1.165) is 18.4 Å². The van der Waals surface area contributed by atoms with E-state index in [1.165, 1.54) is 12.5 Å². The molecule has 5 heteroatoms. The number of rotatable bonds is 4. The van der Waals surface area contributed by atoms with E-state index in [-0.39, 0.29) is 23.8 Å². The number of amides is 2. The molecule has 1 saturated carbocycles. The Morgan fingerprint density at radius 1 is 1.35 bits per heavy atom. The van der Waals surface area contributed by atoms with E-state index in [9.17, 15) is 9.59 Å². The van der Waals surface area contributed by atoms with Crippen LogP contribution in [0.4, 0.5) is 5.69 Å². The second-order valence-corrected chi connectivity index (χ2v) is 6.23. The molecule has 1 aromatic carbocycles. The van der Waals surface area contributed by atoms with E-state index in [1.54, 1.807) is 6.07 Å². The lowest BCUT2D eigenvalue weighted by Crippen LogP contribution is -2.57. The highest BCUT2D eigenvalue weighted by Gasteiger charge is 2.43. The van der Waals surface area contributed by atoms with Crippen molar-refractivity contribution in [2.24, 2.45) is 0 Å². The lowest BCUT2D eigenvalue weighted by atomic mass is 9.79. The molecule has 2 fully saturated rings. The average Bonchev–Trinajstić information content (AvgIpc) is 2.55. The average molecular weight is 314 g/mol. The SMILES string of the molecule is C=CC(=O)Nc1ccccc1CC(=O)N1CCOC2(CCC2)C1. The molecule has 2 amide bonds. The van der Waals surface area contributed by atoms with Crippen LogP contribution in [0.2, 0.25) is 0 Å². The highest BCUT2D eigenvalue weighted by atomic mass is 16.5. The minimum absolute atomic E-state index is 0.0832. The first-order valence-electron chi connectivity index (χ1n) is 8.05. The predicted octanol–water partition coefficient (Wildman–Crippen LogP) is 2.14. The normalized spacial score (nSPS) is 19.0. The van der Waals surface area contributed by atoms with Crippen LogP contribution in [-0.4, -0.2) is 42.0 Å². The molecule has 1 aliphatic heterocycles. The van der Waals surface area contributed by atoms with Crippen LogP contribution in [0.3, 0.4) is 0 Å². The highest BCUT2D eigenvalue weighted by Crippen LogP contribution is 2.38. The number of morpholine rings is 1. The van der Waals surface area contributed by atoms with Gasteiger partial charge in [-0.3, -0.25) is 9.59 Å². The minimum Gasteiger partial charge on any atom is -0.371 e. The van der Waals surface area contributed by atoms with E-state index < -0.39 is 0 Å². The fourth-order valence-electron chi connectivity index (χ4n) is 3.19. The van der Waals surface area contributed by atoms with Crippen LogP contribution in [-0.2, 0) is 20.7 Å². The second-order valence-electron chi connectivity index (χ2n) is 6.23. The molecule has 0 aromatic heterocycles. The molecule has 1 N–H and O–H groups in total. The van der Waals surface area contributed by atoms with Gasteiger partial charge < -0.3 is 15.0 Å². The number of carbonyl (C=O) groups excluding carboxylic acids is 2. The van der Waals surface area contributed by atoms with Crippen LogP contribution in [0, 0.1) is 0 Å². The summed E-state index contributed by atoms with van der Waals surface area (Å²) >= 11 is 0. The Hall–Kier alpha value is -2.14. The quantitative estimate of drug-likeness (QED) is 0.866. The first-order valence-corrected chi connectivity index (χ1v) is 8.05. The number of nitrogens with one attached hydrogen (secondary N) is 1. The van der Waals surface area contributed by atoms with Gasteiger partial charge in [0.15, 0.2) is 0 Å². The molecule has 0 atom stereocenters. The molecule has 23 heavy (non-hydrogen) atoms. The Labute approximate surface area is 136 Å². The summed E-state index contributed by atoms with van der Waals surface area (Å²) in [5, 5.41) is 2.75. The van der Waals surface area contributed by atoms with E-state index in [1.807, 2.05) is 23.1 Å². The first-order chi connectivity index (χ1) is 11.1. The number of carbonyl (C=O) groups is 2. The maximum Gasteiger partial charge on any atom is 0.247 e. The van der Waals surface area contributed by atoms with Crippen LogP contribution in [0.1, 0.15) is 24.8 Å². The van der Waals surface area contributed by atoms with Crippen molar-refractivity contribution in [3.05, 3.63) is 42.5 Å². The van der Waals surface area contributed by atoms with Gasteiger partial charge in [0, 0.05) is 18.8 Å². The van der Waals surface area contributed by atoms with Crippen LogP contribution < -0.4 is 5.32 Å². The van der Waals surface area contributed by atoms with Gasteiger partial charge in [0.25, 0.3) is 0 Å². The molecule has 0 unspecified atom stereocenters. The third kappa shape index (κ3) is 3.45. The Morgan fingerprint density at radius 2 is 2.13 bits per heavy atom. The maximum absolute atomic E-state index is 12.6. The standard InChI is InChI=1S/C18H22N2O3/c1-2-16(21)19-15-7-4-3-6-14(15)12-17(22)20-10-11-23-18(13-20)8-5-9-18/h2-4,6-7H,1,5,8-13H2,(H,19,21). The van der Waals surface area contributed by atoms with Gasteiger partial charge in [-0.05, 0) is 37.0 Å². The third-order valence-corrected chi connectivity index (χ3v) is 4.67. The van der Waals surface area contributed by atoms with Crippen molar-refractivity contribution in [1.82, 2.24) is 4.90 Å². The Morgan fingerprint density at radius 3 is 2.83 bits per heavy atom. The topological polar surface area (TPSA) is 58.6 Å². The zero-order valence-electron chi connectivity index (χ0n) is 13.2. The number of anilines is 1. The zero-order valence-corrected chi connectivity index (χ0v) is 13.2. The van der Waals surface area contributed by atoms with Crippen molar-refractivity contribution >= 4 is 17.5 Å². The van der Waals surface area contributed by atoms with Gasteiger partial charge in [-0.25, -0.2) is 0 Å². The number of benzene rings is 1. The molecular formula is C18H22N2O3. The number of para-hydroxylation sites is 1.